The van der Waals surface area contributed by atoms with Gasteiger partial charge in [0.1, 0.15) is 17.5 Å². The van der Waals surface area contributed by atoms with Crippen molar-refractivity contribution in [2.24, 2.45) is 0 Å². The monoisotopic (exact) mass is 443 g/mol. The Kier molecular flexibility index (Phi) is 5.51. The van der Waals surface area contributed by atoms with Gasteiger partial charge < -0.3 is 10.6 Å². The number of carbonyl (C=O) groups excluding carboxylic acids is 1. The summed E-state index contributed by atoms with van der Waals surface area (Å²) < 4.78 is 26.7. The lowest BCUT2D eigenvalue weighted by molar-refractivity contribution is 0.102. The maximum atomic E-state index is 13.7. The fourth-order valence-corrected chi connectivity index (χ4v) is 4.36. The highest BCUT2D eigenvalue weighted by Gasteiger charge is 2.13. The summed E-state index contributed by atoms with van der Waals surface area (Å²) in [7, 11) is 0. The molecule has 152 valence electrons. The molecular weight excluding hydrogens is 428 g/mol. The number of hydrogen-bond donors (Lipinski definition) is 2. The number of benzene rings is 1. The van der Waals surface area contributed by atoms with Crippen molar-refractivity contribution < 1.29 is 13.6 Å². The lowest BCUT2D eigenvalue weighted by Crippen LogP contribution is -2.13. The molecule has 4 aromatic rings. The van der Waals surface area contributed by atoms with Crippen LogP contribution in [0.2, 0.25) is 0 Å². The SMILES string of the molecule is Cc1nc(C)c(-c2csc(Nc3ccc(C(=O)Nc4ccc(F)cc4F)cn3)n2)s1. The first-order valence-electron chi connectivity index (χ1n) is 8.78. The van der Waals surface area contributed by atoms with E-state index in [-0.39, 0.29) is 11.3 Å². The molecule has 0 fully saturated rings. The van der Waals surface area contributed by atoms with Crippen LogP contribution in [0.5, 0.6) is 0 Å². The molecule has 4 rings (SSSR count). The van der Waals surface area contributed by atoms with Crippen LogP contribution in [0.15, 0.2) is 41.9 Å². The molecule has 1 amide bonds. The number of rotatable bonds is 5. The van der Waals surface area contributed by atoms with Crippen LogP contribution in [0, 0.1) is 25.5 Å². The van der Waals surface area contributed by atoms with Gasteiger partial charge in [-0.3, -0.25) is 4.79 Å². The first-order valence-corrected chi connectivity index (χ1v) is 10.5. The van der Waals surface area contributed by atoms with E-state index in [2.05, 4.69) is 25.6 Å². The molecule has 0 radical (unpaired) electrons. The molecule has 0 aliphatic heterocycles. The third kappa shape index (κ3) is 4.34. The molecule has 0 saturated carbocycles. The van der Waals surface area contributed by atoms with E-state index in [1.807, 2.05) is 19.2 Å². The Hall–Kier alpha value is -3.24. The van der Waals surface area contributed by atoms with Crippen molar-refractivity contribution in [3.63, 3.8) is 0 Å². The number of halogens is 2. The molecule has 0 spiro atoms. The van der Waals surface area contributed by atoms with Crippen LogP contribution < -0.4 is 10.6 Å². The average molecular weight is 444 g/mol. The Bertz CT molecular complexity index is 1220. The first kappa shape index (κ1) is 20.0. The molecular formula is C20H15F2N5OS2. The molecule has 0 saturated heterocycles. The zero-order valence-corrected chi connectivity index (χ0v) is 17.5. The Morgan fingerprint density at radius 2 is 1.93 bits per heavy atom. The quantitative estimate of drug-likeness (QED) is 0.423. The number of hydrogen-bond acceptors (Lipinski definition) is 7. The molecule has 10 heteroatoms. The number of nitrogens with one attached hydrogen (secondary N) is 2. The van der Waals surface area contributed by atoms with Crippen molar-refractivity contribution in [1.29, 1.82) is 0 Å². The Balaban J connectivity index is 1.44. The summed E-state index contributed by atoms with van der Waals surface area (Å²) in [4.78, 5) is 26.5. The minimum absolute atomic E-state index is 0.104. The second-order valence-corrected chi connectivity index (χ2v) is 8.38. The van der Waals surface area contributed by atoms with Crippen molar-refractivity contribution in [3.8, 4) is 10.6 Å². The Labute approximate surface area is 178 Å². The highest BCUT2D eigenvalue weighted by atomic mass is 32.1. The van der Waals surface area contributed by atoms with E-state index in [0.29, 0.717) is 17.0 Å². The van der Waals surface area contributed by atoms with Crippen molar-refractivity contribution in [1.82, 2.24) is 15.0 Å². The highest BCUT2D eigenvalue weighted by Crippen LogP contribution is 2.32. The second kappa shape index (κ2) is 8.25. The lowest BCUT2D eigenvalue weighted by Gasteiger charge is -2.07. The summed E-state index contributed by atoms with van der Waals surface area (Å²) in [6, 6.07) is 6.12. The van der Waals surface area contributed by atoms with Gasteiger partial charge in [-0.2, -0.15) is 0 Å². The van der Waals surface area contributed by atoms with Gasteiger partial charge in [-0.15, -0.1) is 22.7 Å². The minimum atomic E-state index is -0.847. The van der Waals surface area contributed by atoms with E-state index in [4.69, 9.17) is 0 Å². The van der Waals surface area contributed by atoms with E-state index >= 15 is 0 Å². The highest BCUT2D eigenvalue weighted by molar-refractivity contribution is 7.16. The third-order valence-electron chi connectivity index (χ3n) is 4.08. The lowest BCUT2D eigenvalue weighted by atomic mass is 10.2. The zero-order valence-electron chi connectivity index (χ0n) is 15.9. The van der Waals surface area contributed by atoms with Gasteiger partial charge in [-0.05, 0) is 38.1 Å². The first-order chi connectivity index (χ1) is 14.4. The number of aromatic nitrogens is 3. The molecule has 6 nitrogen and oxygen atoms in total. The van der Waals surface area contributed by atoms with Crippen LogP contribution in [0.4, 0.5) is 25.4 Å². The van der Waals surface area contributed by atoms with Crippen LogP contribution >= 0.6 is 22.7 Å². The molecule has 1 aromatic carbocycles. The molecule has 0 aliphatic rings. The van der Waals surface area contributed by atoms with Gasteiger partial charge in [0.25, 0.3) is 5.91 Å². The standard InChI is InChI=1S/C20H15F2N5OS2/c1-10-18(30-11(2)24-10)16-9-29-20(26-16)27-17-6-3-12(8-23-17)19(28)25-15-5-4-13(21)7-14(15)22/h3-9H,1-2H3,(H,25,28)(H,23,26,27). The van der Waals surface area contributed by atoms with Crippen LogP contribution in [0.1, 0.15) is 21.1 Å². The normalized spacial score (nSPS) is 10.8. The molecule has 2 N–H and O–H groups in total. The molecule has 0 aliphatic carbocycles. The van der Waals surface area contributed by atoms with Gasteiger partial charge in [0.05, 0.1) is 32.5 Å². The maximum Gasteiger partial charge on any atom is 0.257 e. The van der Waals surface area contributed by atoms with Crippen LogP contribution in [-0.2, 0) is 0 Å². The van der Waals surface area contributed by atoms with E-state index < -0.39 is 17.5 Å². The van der Waals surface area contributed by atoms with Crippen molar-refractivity contribution in [3.05, 3.63) is 69.8 Å². The molecule has 0 bridgehead atoms. The molecule has 3 aromatic heterocycles. The van der Waals surface area contributed by atoms with Gasteiger partial charge in [0, 0.05) is 17.6 Å². The Morgan fingerprint density at radius 3 is 2.60 bits per heavy atom. The smallest absolute Gasteiger partial charge is 0.257 e. The number of pyridine rings is 1. The van der Waals surface area contributed by atoms with Crippen molar-refractivity contribution in [2.45, 2.75) is 13.8 Å². The number of anilines is 3. The minimum Gasteiger partial charge on any atom is -0.319 e. The van der Waals surface area contributed by atoms with E-state index in [0.717, 1.165) is 33.4 Å². The summed E-state index contributed by atoms with van der Waals surface area (Å²) in [5.74, 6) is -1.60. The number of carbonyl (C=O) groups is 1. The number of aryl methyl sites for hydroxylation is 2. The van der Waals surface area contributed by atoms with Gasteiger partial charge in [0.2, 0.25) is 0 Å². The van der Waals surface area contributed by atoms with E-state index in [9.17, 15) is 13.6 Å². The van der Waals surface area contributed by atoms with Crippen molar-refractivity contribution in [2.75, 3.05) is 10.6 Å². The van der Waals surface area contributed by atoms with Crippen LogP contribution in [0.25, 0.3) is 10.6 Å². The van der Waals surface area contributed by atoms with Gasteiger partial charge >= 0.3 is 0 Å². The average Bonchev–Trinajstić information content (AvgIpc) is 3.30. The zero-order chi connectivity index (χ0) is 21.3. The van der Waals surface area contributed by atoms with E-state index in [1.54, 1.807) is 23.5 Å². The summed E-state index contributed by atoms with van der Waals surface area (Å²) >= 11 is 3.03. The summed E-state index contributed by atoms with van der Waals surface area (Å²) in [5.41, 5.74) is 1.93. The molecule has 0 atom stereocenters. The fourth-order valence-electron chi connectivity index (χ4n) is 2.70. The fraction of sp³-hybridized carbons (Fsp3) is 0.100. The number of thiazole rings is 2. The largest absolute Gasteiger partial charge is 0.319 e. The van der Waals surface area contributed by atoms with E-state index in [1.165, 1.54) is 17.5 Å². The molecule has 0 unspecified atom stereocenters. The maximum absolute atomic E-state index is 13.7. The summed E-state index contributed by atoms with van der Waals surface area (Å²) in [6.07, 6.45) is 1.37. The third-order valence-corrected chi connectivity index (χ3v) is 5.93. The predicted molar refractivity (Wildman–Crippen MR) is 115 cm³/mol. The van der Waals surface area contributed by atoms with Crippen LogP contribution in [-0.4, -0.2) is 20.9 Å². The topological polar surface area (TPSA) is 79.8 Å². The predicted octanol–water partition coefficient (Wildman–Crippen LogP) is 5.55. The molecule has 3 heterocycles. The summed E-state index contributed by atoms with van der Waals surface area (Å²) in [6.45, 7) is 3.91. The Morgan fingerprint density at radius 1 is 1.10 bits per heavy atom. The summed E-state index contributed by atoms with van der Waals surface area (Å²) in [5, 5.41) is 9.09. The van der Waals surface area contributed by atoms with Crippen LogP contribution in [0.3, 0.4) is 0 Å². The van der Waals surface area contributed by atoms with Crippen molar-refractivity contribution >= 4 is 45.2 Å². The number of amides is 1. The van der Waals surface area contributed by atoms with Gasteiger partial charge in [-0.25, -0.2) is 23.7 Å². The van der Waals surface area contributed by atoms with Gasteiger partial charge in [0.15, 0.2) is 5.13 Å². The van der Waals surface area contributed by atoms with Gasteiger partial charge in [-0.1, -0.05) is 0 Å². The second-order valence-electron chi connectivity index (χ2n) is 6.32. The number of nitrogens with zero attached hydrogens (tertiary/aromatic N) is 3. The molecule has 30 heavy (non-hydrogen) atoms.